The molecule has 0 spiro atoms. The monoisotopic (exact) mass is 315 g/mol. The van der Waals surface area contributed by atoms with E-state index >= 15 is 0 Å². The number of nitrogens with one attached hydrogen (secondary N) is 1. The predicted octanol–water partition coefficient (Wildman–Crippen LogP) is 2.24. The molecule has 3 N–H and O–H groups in total. The number of benzene rings is 1. The number of ether oxygens (including phenoxy) is 2. The molecule has 0 aliphatic heterocycles. The largest absolute Gasteiger partial charge is 0.494 e. The molecule has 2 aromatic rings. The minimum Gasteiger partial charge on any atom is -0.494 e. The summed E-state index contributed by atoms with van der Waals surface area (Å²) in [7, 11) is 0. The number of aromatic nitrogens is 1. The third-order valence-electron chi connectivity index (χ3n) is 3.04. The summed E-state index contributed by atoms with van der Waals surface area (Å²) >= 11 is 0. The molecule has 0 saturated carbocycles. The summed E-state index contributed by atoms with van der Waals surface area (Å²) in [6.45, 7) is 4.58. The fraction of sp³-hybridized carbons (Fsp3) is 0.294. The fourth-order valence-electron chi connectivity index (χ4n) is 1.86. The SMILES string of the molecule is CCOc1ccc(Oc2cc(CNC(=O)C(C)N)ccn2)cc1. The number of rotatable bonds is 7. The van der Waals surface area contributed by atoms with E-state index in [-0.39, 0.29) is 5.91 Å². The molecule has 0 fully saturated rings. The molecule has 0 aliphatic rings. The summed E-state index contributed by atoms with van der Waals surface area (Å²) in [6.07, 6.45) is 1.64. The molecule has 0 aliphatic carbocycles. The van der Waals surface area contributed by atoms with Gasteiger partial charge in [0.25, 0.3) is 0 Å². The molecule has 122 valence electrons. The Balaban J connectivity index is 1.97. The zero-order valence-electron chi connectivity index (χ0n) is 13.3. The van der Waals surface area contributed by atoms with Gasteiger partial charge in [-0.1, -0.05) is 0 Å². The van der Waals surface area contributed by atoms with E-state index in [9.17, 15) is 4.79 Å². The Labute approximate surface area is 135 Å². The van der Waals surface area contributed by atoms with Crippen LogP contribution in [-0.4, -0.2) is 23.5 Å². The summed E-state index contributed by atoms with van der Waals surface area (Å²) in [6, 6.07) is 10.4. The van der Waals surface area contributed by atoms with Gasteiger partial charge < -0.3 is 20.5 Å². The number of pyridine rings is 1. The lowest BCUT2D eigenvalue weighted by atomic mass is 10.2. The molecule has 1 aromatic heterocycles. The Morgan fingerprint density at radius 3 is 2.61 bits per heavy atom. The van der Waals surface area contributed by atoms with Crippen molar-refractivity contribution >= 4 is 5.91 Å². The van der Waals surface area contributed by atoms with E-state index in [1.165, 1.54) is 0 Å². The molecule has 6 nitrogen and oxygen atoms in total. The lowest BCUT2D eigenvalue weighted by Crippen LogP contribution is -2.37. The van der Waals surface area contributed by atoms with Crippen molar-refractivity contribution in [3.63, 3.8) is 0 Å². The molecule has 0 saturated heterocycles. The first kappa shape index (κ1) is 16.8. The molecule has 1 unspecified atom stereocenters. The molecule has 2 rings (SSSR count). The molecule has 0 radical (unpaired) electrons. The zero-order valence-corrected chi connectivity index (χ0v) is 13.3. The van der Waals surface area contributed by atoms with Crippen molar-refractivity contribution < 1.29 is 14.3 Å². The summed E-state index contributed by atoms with van der Waals surface area (Å²) in [5.74, 6) is 1.72. The smallest absolute Gasteiger partial charge is 0.236 e. The highest BCUT2D eigenvalue weighted by atomic mass is 16.5. The van der Waals surface area contributed by atoms with Gasteiger partial charge in [-0.25, -0.2) is 4.98 Å². The molecule has 1 amide bonds. The van der Waals surface area contributed by atoms with Crippen LogP contribution >= 0.6 is 0 Å². The molecule has 1 atom stereocenters. The Bertz CT molecular complexity index is 642. The van der Waals surface area contributed by atoms with E-state index in [1.54, 1.807) is 19.2 Å². The first-order valence-corrected chi connectivity index (χ1v) is 7.47. The standard InChI is InChI=1S/C17H21N3O3/c1-3-22-14-4-6-15(7-5-14)23-16-10-13(8-9-19-16)11-20-17(21)12(2)18/h4-10,12H,3,11,18H2,1-2H3,(H,20,21). The molecule has 1 heterocycles. The van der Waals surface area contributed by atoms with E-state index < -0.39 is 6.04 Å². The molecule has 1 aromatic carbocycles. The average molecular weight is 315 g/mol. The maximum absolute atomic E-state index is 11.5. The van der Waals surface area contributed by atoms with Gasteiger partial charge in [-0.3, -0.25) is 4.79 Å². The lowest BCUT2D eigenvalue weighted by molar-refractivity contribution is -0.122. The van der Waals surface area contributed by atoms with Gasteiger partial charge in [0.1, 0.15) is 11.5 Å². The molecule has 23 heavy (non-hydrogen) atoms. The van der Waals surface area contributed by atoms with Crippen molar-refractivity contribution in [3.05, 3.63) is 48.2 Å². The highest BCUT2D eigenvalue weighted by Crippen LogP contribution is 2.23. The van der Waals surface area contributed by atoms with Crippen molar-refractivity contribution in [2.45, 2.75) is 26.4 Å². The van der Waals surface area contributed by atoms with Gasteiger partial charge in [-0.15, -0.1) is 0 Å². The summed E-state index contributed by atoms with van der Waals surface area (Å²) in [5, 5.41) is 2.75. The van der Waals surface area contributed by atoms with Gasteiger partial charge in [-0.05, 0) is 49.7 Å². The van der Waals surface area contributed by atoms with Gasteiger partial charge in [0.05, 0.1) is 12.6 Å². The summed E-state index contributed by atoms with van der Waals surface area (Å²) in [5.41, 5.74) is 6.39. The topological polar surface area (TPSA) is 86.5 Å². The van der Waals surface area contributed by atoms with E-state index in [4.69, 9.17) is 15.2 Å². The lowest BCUT2D eigenvalue weighted by Gasteiger charge is -2.10. The van der Waals surface area contributed by atoms with Gasteiger partial charge >= 0.3 is 0 Å². The first-order chi connectivity index (χ1) is 11.1. The van der Waals surface area contributed by atoms with Crippen LogP contribution in [0.2, 0.25) is 0 Å². The van der Waals surface area contributed by atoms with E-state index in [2.05, 4.69) is 10.3 Å². The second-order valence-corrected chi connectivity index (χ2v) is 5.02. The highest BCUT2D eigenvalue weighted by Gasteiger charge is 2.07. The zero-order chi connectivity index (χ0) is 16.7. The summed E-state index contributed by atoms with van der Waals surface area (Å²) in [4.78, 5) is 15.6. The average Bonchev–Trinajstić information content (AvgIpc) is 2.55. The van der Waals surface area contributed by atoms with Crippen molar-refractivity contribution in [1.29, 1.82) is 0 Å². The van der Waals surface area contributed by atoms with Gasteiger partial charge in [-0.2, -0.15) is 0 Å². The maximum Gasteiger partial charge on any atom is 0.236 e. The van der Waals surface area contributed by atoms with Crippen LogP contribution < -0.4 is 20.5 Å². The van der Waals surface area contributed by atoms with Gasteiger partial charge in [0, 0.05) is 18.8 Å². The number of carbonyl (C=O) groups is 1. The van der Waals surface area contributed by atoms with Crippen LogP contribution in [0.3, 0.4) is 0 Å². The number of amides is 1. The number of hydrogen-bond acceptors (Lipinski definition) is 5. The molecular weight excluding hydrogens is 294 g/mol. The van der Waals surface area contributed by atoms with Crippen LogP contribution in [-0.2, 0) is 11.3 Å². The van der Waals surface area contributed by atoms with Crippen LogP contribution in [0.5, 0.6) is 17.4 Å². The van der Waals surface area contributed by atoms with Crippen molar-refractivity contribution in [2.24, 2.45) is 5.73 Å². The van der Waals surface area contributed by atoms with Gasteiger partial charge in [0.2, 0.25) is 11.8 Å². The minimum absolute atomic E-state index is 0.198. The molecular formula is C17H21N3O3. The number of nitrogens with zero attached hydrogens (tertiary/aromatic N) is 1. The Kier molecular flexibility index (Phi) is 5.94. The first-order valence-electron chi connectivity index (χ1n) is 7.47. The Morgan fingerprint density at radius 2 is 1.96 bits per heavy atom. The summed E-state index contributed by atoms with van der Waals surface area (Å²) < 4.78 is 11.1. The fourth-order valence-corrected chi connectivity index (χ4v) is 1.86. The normalized spacial score (nSPS) is 11.6. The second kappa shape index (κ2) is 8.14. The van der Waals surface area contributed by atoms with E-state index in [0.29, 0.717) is 24.8 Å². The number of carbonyl (C=O) groups excluding carboxylic acids is 1. The third kappa shape index (κ3) is 5.27. The van der Waals surface area contributed by atoms with Crippen LogP contribution in [0.1, 0.15) is 19.4 Å². The maximum atomic E-state index is 11.5. The van der Waals surface area contributed by atoms with E-state index in [1.807, 2.05) is 37.3 Å². The number of nitrogens with two attached hydrogens (primary N) is 1. The van der Waals surface area contributed by atoms with E-state index in [0.717, 1.165) is 11.3 Å². The van der Waals surface area contributed by atoms with Crippen molar-refractivity contribution in [1.82, 2.24) is 10.3 Å². The molecule has 6 heteroatoms. The van der Waals surface area contributed by atoms with Gasteiger partial charge in [0.15, 0.2) is 0 Å². The van der Waals surface area contributed by atoms with Crippen LogP contribution in [0.15, 0.2) is 42.6 Å². The third-order valence-corrected chi connectivity index (χ3v) is 3.04. The molecule has 0 bridgehead atoms. The van der Waals surface area contributed by atoms with Crippen molar-refractivity contribution in [2.75, 3.05) is 6.61 Å². The predicted molar refractivity (Wildman–Crippen MR) is 87.4 cm³/mol. The quantitative estimate of drug-likeness (QED) is 0.818. The van der Waals surface area contributed by atoms with Crippen LogP contribution in [0.25, 0.3) is 0 Å². The van der Waals surface area contributed by atoms with Crippen LogP contribution in [0.4, 0.5) is 0 Å². The van der Waals surface area contributed by atoms with Crippen LogP contribution in [0, 0.1) is 0 Å². The second-order valence-electron chi connectivity index (χ2n) is 5.02. The Morgan fingerprint density at radius 1 is 1.26 bits per heavy atom. The minimum atomic E-state index is -0.531. The Hall–Kier alpha value is -2.60. The highest BCUT2D eigenvalue weighted by molar-refractivity contribution is 5.80. The van der Waals surface area contributed by atoms with Crippen molar-refractivity contribution in [3.8, 4) is 17.4 Å². The number of hydrogen-bond donors (Lipinski definition) is 2.